The molecule has 0 saturated heterocycles. The van der Waals surface area contributed by atoms with Gasteiger partial charge in [0.25, 0.3) is 0 Å². The molecule has 0 amide bonds. The van der Waals surface area contributed by atoms with Crippen molar-refractivity contribution in [3.05, 3.63) is 18.2 Å². The van der Waals surface area contributed by atoms with Gasteiger partial charge in [-0.2, -0.15) is 0 Å². The fourth-order valence-electron chi connectivity index (χ4n) is 2.29. The number of rotatable bonds is 10. The lowest BCUT2D eigenvalue weighted by atomic mass is 10.2. The van der Waals surface area contributed by atoms with Crippen molar-refractivity contribution < 1.29 is 9.53 Å². The molecule has 0 heterocycles. The summed E-state index contributed by atoms with van der Waals surface area (Å²) in [6.45, 7) is 12.3. The van der Waals surface area contributed by atoms with E-state index in [4.69, 9.17) is 4.74 Å². The lowest BCUT2D eigenvalue weighted by Crippen LogP contribution is -2.25. The zero-order chi connectivity index (χ0) is 16.4. The van der Waals surface area contributed by atoms with Gasteiger partial charge in [0.2, 0.25) is 0 Å². The first-order valence-electron chi connectivity index (χ1n) is 8.67. The minimum atomic E-state index is 0.407. The van der Waals surface area contributed by atoms with E-state index in [0.717, 1.165) is 57.7 Å². The Bertz CT molecular complexity index is 453. The average molecular weight is 305 g/mol. The van der Waals surface area contributed by atoms with E-state index in [1.807, 2.05) is 6.07 Å². The highest BCUT2D eigenvalue weighted by Gasteiger charge is 2.17. The van der Waals surface area contributed by atoms with Crippen LogP contribution in [0.2, 0.25) is 0 Å². The Kier molecular flexibility index (Phi) is 8.83. The van der Waals surface area contributed by atoms with E-state index >= 15 is 0 Å². The number of Topliss-reactive ketones (excluding diaryl/α,β-unsaturated/α-hetero) is 1. The molecule has 0 aromatic carbocycles. The van der Waals surface area contributed by atoms with E-state index in [-0.39, 0.29) is 0 Å². The maximum atomic E-state index is 11.2. The largest absolute Gasteiger partial charge is 0.493 e. The van der Waals surface area contributed by atoms with Gasteiger partial charge >= 0.3 is 0 Å². The molecule has 0 aliphatic heterocycles. The van der Waals surface area contributed by atoms with Crippen molar-refractivity contribution in [3.63, 3.8) is 0 Å². The summed E-state index contributed by atoms with van der Waals surface area (Å²) in [5.74, 6) is 1.47. The molecule has 2 aliphatic rings. The molecular formula is C19H31NO2. The van der Waals surface area contributed by atoms with Gasteiger partial charge in [-0.05, 0) is 43.6 Å². The van der Waals surface area contributed by atoms with Gasteiger partial charge in [0, 0.05) is 24.9 Å². The third-order valence-corrected chi connectivity index (χ3v) is 3.80. The fraction of sp³-hybridized carbons (Fsp3) is 0.632. The molecule has 124 valence electrons. The van der Waals surface area contributed by atoms with E-state index in [1.165, 1.54) is 11.1 Å². The molecule has 0 bridgehead atoms. The SMILES string of the molecule is CCCC(=O)CCN(CC)CC.CCCOc1ccc2cc1-2. The Labute approximate surface area is 135 Å². The van der Waals surface area contributed by atoms with Crippen LogP contribution in [0.4, 0.5) is 0 Å². The summed E-state index contributed by atoms with van der Waals surface area (Å²) in [5.41, 5.74) is 2.67. The first kappa shape index (κ1) is 18.7. The molecule has 2 aliphatic carbocycles. The highest BCUT2D eigenvalue weighted by molar-refractivity contribution is 5.87. The molecule has 0 spiro atoms. The van der Waals surface area contributed by atoms with Gasteiger partial charge in [-0.25, -0.2) is 0 Å². The maximum Gasteiger partial charge on any atom is 0.134 e. The molecule has 2 rings (SSSR count). The summed E-state index contributed by atoms with van der Waals surface area (Å²) < 4.78 is 5.45. The van der Waals surface area contributed by atoms with Gasteiger partial charge in [-0.15, -0.1) is 0 Å². The summed E-state index contributed by atoms with van der Waals surface area (Å²) >= 11 is 0. The summed E-state index contributed by atoms with van der Waals surface area (Å²) in [5, 5.41) is 0. The molecular weight excluding hydrogens is 274 g/mol. The third-order valence-electron chi connectivity index (χ3n) is 3.80. The second-order valence-electron chi connectivity index (χ2n) is 5.62. The zero-order valence-corrected chi connectivity index (χ0v) is 14.7. The van der Waals surface area contributed by atoms with Gasteiger partial charge in [0.15, 0.2) is 0 Å². The molecule has 0 aromatic rings. The Morgan fingerprint density at radius 1 is 1.05 bits per heavy atom. The molecule has 0 atom stereocenters. The smallest absolute Gasteiger partial charge is 0.134 e. The lowest BCUT2D eigenvalue weighted by Gasteiger charge is -2.16. The van der Waals surface area contributed by atoms with E-state index in [2.05, 4.69) is 44.7 Å². The quantitative estimate of drug-likeness (QED) is 0.645. The van der Waals surface area contributed by atoms with Gasteiger partial charge in [0.1, 0.15) is 11.5 Å². The predicted octanol–water partition coefficient (Wildman–Crippen LogP) is 4.54. The molecule has 0 saturated carbocycles. The third kappa shape index (κ3) is 6.61. The summed E-state index contributed by atoms with van der Waals surface area (Å²) in [6.07, 6.45) is 3.55. The molecule has 0 radical (unpaired) electrons. The first-order chi connectivity index (χ1) is 10.7. The van der Waals surface area contributed by atoms with E-state index < -0.39 is 0 Å². The van der Waals surface area contributed by atoms with Crippen molar-refractivity contribution in [3.8, 4) is 16.9 Å². The van der Waals surface area contributed by atoms with Crippen molar-refractivity contribution in [2.24, 2.45) is 0 Å². The Morgan fingerprint density at radius 3 is 2.23 bits per heavy atom. The van der Waals surface area contributed by atoms with Crippen molar-refractivity contribution in [2.45, 2.75) is 53.4 Å². The van der Waals surface area contributed by atoms with Crippen molar-refractivity contribution in [1.82, 2.24) is 4.90 Å². The molecule has 0 unspecified atom stereocenters. The molecule has 0 fully saturated rings. The van der Waals surface area contributed by atoms with Crippen molar-refractivity contribution >= 4 is 5.78 Å². The number of carbonyl (C=O) groups is 1. The average Bonchev–Trinajstić information content (AvgIpc) is 3.20. The zero-order valence-electron chi connectivity index (χ0n) is 14.7. The van der Waals surface area contributed by atoms with Crippen LogP contribution in [-0.2, 0) is 4.79 Å². The van der Waals surface area contributed by atoms with Gasteiger partial charge in [-0.3, -0.25) is 4.79 Å². The number of benzene rings is 1. The number of carbonyl (C=O) groups excluding carboxylic acids is 1. The number of fused-ring (bicyclic) bond motifs is 1. The van der Waals surface area contributed by atoms with Crippen LogP contribution in [0.5, 0.6) is 5.75 Å². The highest BCUT2D eigenvalue weighted by atomic mass is 16.5. The highest BCUT2D eigenvalue weighted by Crippen LogP contribution is 2.43. The minimum absolute atomic E-state index is 0.407. The molecule has 3 nitrogen and oxygen atoms in total. The number of hydrogen-bond donors (Lipinski definition) is 0. The lowest BCUT2D eigenvalue weighted by molar-refractivity contribution is -0.119. The number of ketones is 1. The summed E-state index contributed by atoms with van der Waals surface area (Å²) in [4.78, 5) is 13.4. The van der Waals surface area contributed by atoms with Crippen molar-refractivity contribution in [1.29, 1.82) is 0 Å². The van der Waals surface area contributed by atoms with Crippen LogP contribution in [0.25, 0.3) is 11.1 Å². The van der Waals surface area contributed by atoms with Crippen LogP contribution in [-0.4, -0.2) is 36.9 Å². The number of nitrogens with zero attached hydrogens (tertiary/aromatic N) is 1. The summed E-state index contributed by atoms with van der Waals surface area (Å²) in [7, 11) is 0. The Balaban J connectivity index is 0.000000222. The standard InChI is InChI=1S/C10H21NO.C9H10O/c1-4-7-10(12)8-9-11(5-2)6-3;1-2-5-10-9-4-3-7-6-8(7)9/h4-9H2,1-3H3;3-4,6H,2,5H2,1H3. The fourth-order valence-corrected chi connectivity index (χ4v) is 2.29. The van der Waals surface area contributed by atoms with Gasteiger partial charge in [-0.1, -0.05) is 33.8 Å². The second kappa shape index (κ2) is 10.4. The van der Waals surface area contributed by atoms with Crippen LogP contribution < -0.4 is 4.74 Å². The predicted molar refractivity (Wildman–Crippen MR) is 93.5 cm³/mol. The number of hydrogen-bond acceptors (Lipinski definition) is 3. The van der Waals surface area contributed by atoms with Crippen LogP contribution in [0.3, 0.4) is 0 Å². The van der Waals surface area contributed by atoms with E-state index in [1.54, 1.807) is 0 Å². The molecule has 22 heavy (non-hydrogen) atoms. The van der Waals surface area contributed by atoms with Crippen LogP contribution in [0.15, 0.2) is 18.2 Å². The first-order valence-corrected chi connectivity index (χ1v) is 8.67. The van der Waals surface area contributed by atoms with E-state index in [0.29, 0.717) is 5.78 Å². The molecule has 3 heteroatoms. The Morgan fingerprint density at radius 2 is 1.77 bits per heavy atom. The maximum absolute atomic E-state index is 11.2. The van der Waals surface area contributed by atoms with Crippen LogP contribution in [0.1, 0.15) is 53.4 Å². The topological polar surface area (TPSA) is 29.5 Å². The minimum Gasteiger partial charge on any atom is -0.493 e. The second-order valence-corrected chi connectivity index (χ2v) is 5.62. The van der Waals surface area contributed by atoms with Gasteiger partial charge < -0.3 is 9.64 Å². The van der Waals surface area contributed by atoms with Crippen LogP contribution >= 0.6 is 0 Å². The Hall–Kier alpha value is -1.35. The van der Waals surface area contributed by atoms with Gasteiger partial charge in [0.05, 0.1) is 6.61 Å². The monoisotopic (exact) mass is 305 g/mol. The van der Waals surface area contributed by atoms with E-state index in [9.17, 15) is 4.79 Å². The van der Waals surface area contributed by atoms with Crippen molar-refractivity contribution in [2.75, 3.05) is 26.2 Å². The molecule has 0 aromatic heterocycles. The number of ether oxygens (including phenoxy) is 1. The normalized spacial score (nSPS) is 11.0. The van der Waals surface area contributed by atoms with Crippen LogP contribution in [0, 0.1) is 0 Å². The molecule has 0 N–H and O–H groups in total. The summed E-state index contributed by atoms with van der Waals surface area (Å²) in [6, 6.07) is 6.28.